The lowest BCUT2D eigenvalue weighted by molar-refractivity contribution is -0.122. The number of nitrogens with one attached hydrogen (secondary N) is 1. The van der Waals surface area contributed by atoms with Gasteiger partial charge in [-0.05, 0) is 70.9 Å². The summed E-state index contributed by atoms with van der Waals surface area (Å²) in [5.74, 6) is -1.40. The van der Waals surface area contributed by atoms with Gasteiger partial charge < -0.3 is 20.1 Å². The van der Waals surface area contributed by atoms with Crippen molar-refractivity contribution in [1.29, 1.82) is 0 Å². The Kier molecular flexibility index (Phi) is 9.14. The Bertz CT molecular complexity index is 1640. The van der Waals surface area contributed by atoms with Gasteiger partial charge >= 0.3 is 5.97 Å². The average Bonchev–Trinajstić information content (AvgIpc) is 3.24. The fraction of sp³-hybridized carbons (Fsp3) is 0.143. The number of carboxylic acids is 1. The Morgan fingerprint density at radius 1 is 1.15 bits per heavy atom. The number of ether oxygens (including phenoxy) is 1. The van der Waals surface area contributed by atoms with Crippen molar-refractivity contribution in [3.63, 3.8) is 0 Å². The van der Waals surface area contributed by atoms with Crippen LogP contribution >= 0.6 is 39.1 Å². The van der Waals surface area contributed by atoms with Crippen molar-refractivity contribution in [3.8, 4) is 5.75 Å². The summed E-state index contributed by atoms with van der Waals surface area (Å²) in [6.45, 7) is 1.63. The van der Waals surface area contributed by atoms with Gasteiger partial charge in [-0.25, -0.2) is 9.78 Å². The molecule has 0 fully saturated rings. The van der Waals surface area contributed by atoms with Crippen molar-refractivity contribution in [2.75, 3.05) is 18.5 Å². The largest absolute Gasteiger partial charge is 0.485 e. The van der Waals surface area contributed by atoms with Gasteiger partial charge in [-0.2, -0.15) is 0 Å². The third-order valence-corrected chi connectivity index (χ3v) is 7.72. The summed E-state index contributed by atoms with van der Waals surface area (Å²) in [5, 5.41) is 12.1. The summed E-state index contributed by atoms with van der Waals surface area (Å²) in [7, 11) is 1.54. The number of pyridine rings is 1. The number of hydrogen-bond donors (Lipinski definition) is 2. The Hall–Kier alpha value is -3.86. The SMILES string of the molecule is Cc1nc2c(OCc3c(Cl)ccc(N(C)C(=O)CNC(=O)/C=C/c4ccc(C(=O)O)cc4)c3Cl)cccn2c1Br. The van der Waals surface area contributed by atoms with Crippen LogP contribution in [0.5, 0.6) is 5.75 Å². The molecule has 206 valence electrons. The number of aromatic carboxylic acids is 1. The lowest BCUT2D eigenvalue weighted by atomic mass is 10.1. The van der Waals surface area contributed by atoms with E-state index in [4.69, 9.17) is 33.0 Å². The summed E-state index contributed by atoms with van der Waals surface area (Å²) in [6, 6.07) is 12.9. The van der Waals surface area contributed by atoms with Crippen LogP contribution in [-0.2, 0) is 16.2 Å². The van der Waals surface area contributed by atoms with Gasteiger partial charge in [0.05, 0.1) is 28.5 Å². The lowest BCUT2D eigenvalue weighted by Crippen LogP contribution is -2.37. The molecule has 0 spiro atoms. The molecule has 0 saturated heterocycles. The molecule has 9 nitrogen and oxygen atoms in total. The predicted octanol–water partition coefficient (Wildman–Crippen LogP) is 5.78. The minimum Gasteiger partial charge on any atom is -0.485 e. The van der Waals surface area contributed by atoms with Crippen LogP contribution in [0.4, 0.5) is 5.69 Å². The second kappa shape index (κ2) is 12.5. The normalized spacial score (nSPS) is 11.1. The molecule has 2 aromatic carbocycles. The Labute approximate surface area is 248 Å². The zero-order chi connectivity index (χ0) is 29.0. The van der Waals surface area contributed by atoms with Crippen molar-refractivity contribution in [3.05, 3.63) is 97.8 Å². The second-order valence-corrected chi connectivity index (χ2v) is 10.2. The molecule has 2 heterocycles. The summed E-state index contributed by atoms with van der Waals surface area (Å²) >= 11 is 16.6. The monoisotopic (exact) mass is 644 g/mol. The molecule has 40 heavy (non-hydrogen) atoms. The molecule has 0 unspecified atom stereocenters. The van der Waals surface area contributed by atoms with Gasteiger partial charge in [-0.1, -0.05) is 35.3 Å². The van der Waals surface area contributed by atoms with E-state index >= 15 is 0 Å². The number of aryl methyl sites for hydroxylation is 1. The number of carbonyl (C=O) groups excluding carboxylic acids is 2. The summed E-state index contributed by atoms with van der Waals surface area (Å²) < 4.78 is 8.70. The number of rotatable bonds is 9. The van der Waals surface area contributed by atoms with Crippen molar-refractivity contribution in [1.82, 2.24) is 14.7 Å². The van der Waals surface area contributed by atoms with Gasteiger partial charge in [0.25, 0.3) is 0 Å². The van der Waals surface area contributed by atoms with Gasteiger partial charge in [0, 0.05) is 29.9 Å². The number of aromatic nitrogens is 2. The van der Waals surface area contributed by atoms with Gasteiger partial charge in [-0.3, -0.25) is 14.0 Å². The molecular formula is C28H23BrCl2N4O5. The van der Waals surface area contributed by atoms with Crippen LogP contribution in [0.25, 0.3) is 11.7 Å². The molecule has 0 radical (unpaired) electrons. The third-order valence-electron chi connectivity index (χ3n) is 5.99. The van der Waals surface area contributed by atoms with E-state index in [0.717, 1.165) is 10.3 Å². The second-order valence-electron chi connectivity index (χ2n) is 8.63. The van der Waals surface area contributed by atoms with Crippen LogP contribution < -0.4 is 15.0 Å². The first-order valence-corrected chi connectivity index (χ1v) is 13.4. The molecule has 0 aliphatic rings. The third kappa shape index (κ3) is 6.47. The molecule has 0 atom stereocenters. The van der Waals surface area contributed by atoms with Crippen molar-refractivity contribution >= 4 is 74.3 Å². The number of hydrogen-bond acceptors (Lipinski definition) is 5. The van der Waals surface area contributed by atoms with E-state index in [1.165, 1.54) is 29.2 Å². The molecule has 0 aliphatic heterocycles. The van der Waals surface area contributed by atoms with E-state index < -0.39 is 17.8 Å². The summed E-state index contributed by atoms with van der Waals surface area (Å²) in [6.07, 6.45) is 4.64. The number of nitrogens with zero attached hydrogens (tertiary/aromatic N) is 3. The van der Waals surface area contributed by atoms with E-state index in [0.29, 0.717) is 33.2 Å². The quantitative estimate of drug-likeness (QED) is 0.223. The van der Waals surface area contributed by atoms with Crippen molar-refractivity contribution in [2.24, 2.45) is 0 Å². The average molecular weight is 646 g/mol. The molecule has 0 aliphatic carbocycles. The smallest absolute Gasteiger partial charge is 0.335 e. The molecule has 2 amide bonds. The Balaban J connectivity index is 1.40. The number of anilines is 1. The molecule has 4 rings (SSSR count). The van der Waals surface area contributed by atoms with E-state index in [1.54, 1.807) is 37.4 Å². The van der Waals surface area contributed by atoms with Crippen LogP contribution in [0, 0.1) is 6.92 Å². The lowest BCUT2D eigenvalue weighted by Gasteiger charge is -2.21. The number of carboxylic acid groups (broad SMARTS) is 1. The number of imidazole rings is 1. The molecule has 0 saturated carbocycles. The van der Waals surface area contributed by atoms with Crippen molar-refractivity contribution < 1.29 is 24.2 Å². The van der Waals surface area contributed by atoms with Gasteiger partial charge in [0.2, 0.25) is 11.8 Å². The van der Waals surface area contributed by atoms with E-state index in [9.17, 15) is 14.4 Å². The highest BCUT2D eigenvalue weighted by atomic mass is 79.9. The first-order valence-electron chi connectivity index (χ1n) is 11.9. The molecular weight excluding hydrogens is 623 g/mol. The van der Waals surface area contributed by atoms with Crippen LogP contribution in [0.1, 0.15) is 27.2 Å². The molecule has 4 aromatic rings. The minimum absolute atomic E-state index is 0.0334. The fourth-order valence-corrected chi connectivity index (χ4v) is 4.73. The predicted molar refractivity (Wildman–Crippen MR) is 157 cm³/mol. The van der Waals surface area contributed by atoms with Gasteiger partial charge in [0.15, 0.2) is 11.4 Å². The van der Waals surface area contributed by atoms with Crippen molar-refractivity contribution in [2.45, 2.75) is 13.5 Å². The van der Waals surface area contributed by atoms with Crippen LogP contribution in [0.2, 0.25) is 10.0 Å². The topological polar surface area (TPSA) is 113 Å². The molecule has 2 N–H and O–H groups in total. The van der Waals surface area contributed by atoms with E-state index in [2.05, 4.69) is 26.2 Å². The van der Waals surface area contributed by atoms with Crippen LogP contribution in [-0.4, -0.2) is 45.9 Å². The standard InChI is InChI=1S/C28H23BrCl2N4O5/c1-16-26(29)35-13-3-4-22(27(35)33-16)40-15-19-20(30)10-11-21(25(19)31)34(2)24(37)14-32-23(36)12-7-17-5-8-18(9-6-17)28(38)39/h3-13H,14-15H2,1-2H3,(H,32,36)(H,38,39)/b12-7+. The van der Waals surface area contributed by atoms with Crippen LogP contribution in [0.3, 0.4) is 0 Å². The first-order chi connectivity index (χ1) is 19.1. The fourth-order valence-electron chi connectivity index (χ4n) is 3.75. The Morgan fingerprint density at radius 2 is 1.88 bits per heavy atom. The minimum atomic E-state index is -1.04. The number of likely N-dealkylation sites (N-methyl/N-ethyl adjacent to an activating group) is 1. The van der Waals surface area contributed by atoms with Gasteiger partial charge in [-0.15, -0.1) is 0 Å². The summed E-state index contributed by atoms with van der Waals surface area (Å²) in [5.41, 5.74) is 3.11. The maximum atomic E-state index is 12.8. The number of halogens is 3. The molecule has 12 heteroatoms. The number of fused-ring (bicyclic) bond motifs is 1. The van der Waals surface area contributed by atoms with Crippen LogP contribution in [0.15, 0.2) is 65.4 Å². The first kappa shape index (κ1) is 29.1. The number of benzene rings is 2. The highest BCUT2D eigenvalue weighted by molar-refractivity contribution is 9.10. The van der Waals surface area contributed by atoms with E-state index in [-0.39, 0.29) is 23.7 Å². The summed E-state index contributed by atoms with van der Waals surface area (Å²) in [4.78, 5) is 41.8. The highest BCUT2D eigenvalue weighted by Gasteiger charge is 2.20. The zero-order valence-corrected chi connectivity index (χ0v) is 24.4. The number of carbonyl (C=O) groups is 3. The zero-order valence-electron chi connectivity index (χ0n) is 21.3. The molecule has 0 bridgehead atoms. The maximum Gasteiger partial charge on any atom is 0.335 e. The van der Waals surface area contributed by atoms with E-state index in [1.807, 2.05) is 23.6 Å². The number of amides is 2. The highest BCUT2D eigenvalue weighted by Crippen LogP contribution is 2.35. The maximum absolute atomic E-state index is 12.8. The molecule has 2 aromatic heterocycles. The van der Waals surface area contributed by atoms with Gasteiger partial charge in [0.1, 0.15) is 11.2 Å². The Morgan fingerprint density at radius 3 is 2.58 bits per heavy atom.